The van der Waals surface area contributed by atoms with Gasteiger partial charge < -0.3 is 24.4 Å². The Morgan fingerprint density at radius 3 is 2.44 bits per heavy atom. The summed E-state index contributed by atoms with van der Waals surface area (Å²) in [6, 6.07) is 22.0. The second kappa shape index (κ2) is 10.9. The lowest BCUT2D eigenvalue weighted by atomic mass is 10.1. The normalized spacial score (nSPS) is 11.9. The SMILES string of the molecule is COc1ccc(-n2nc(C)c(-c3ccccc3)c2NC(=O)CN(C(=O)c2ccc3c(c2)OCO3)C(C)C)cc1. The molecule has 0 aliphatic carbocycles. The summed E-state index contributed by atoms with van der Waals surface area (Å²) in [5.74, 6) is 1.72. The van der Waals surface area contributed by atoms with Crippen molar-refractivity contribution >= 4 is 17.6 Å². The molecule has 9 nitrogen and oxygen atoms in total. The number of nitrogens with one attached hydrogen (secondary N) is 1. The maximum Gasteiger partial charge on any atom is 0.254 e. The predicted octanol–water partition coefficient (Wildman–Crippen LogP) is 5.07. The van der Waals surface area contributed by atoms with E-state index < -0.39 is 0 Å². The van der Waals surface area contributed by atoms with Crippen LogP contribution in [0.2, 0.25) is 0 Å². The minimum atomic E-state index is -0.343. The Morgan fingerprint density at radius 2 is 1.74 bits per heavy atom. The average molecular weight is 527 g/mol. The van der Waals surface area contributed by atoms with E-state index in [-0.39, 0.29) is 31.2 Å². The van der Waals surface area contributed by atoms with Crippen LogP contribution in [0.4, 0.5) is 5.82 Å². The Morgan fingerprint density at radius 1 is 1.03 bits per heavy atom. The number of ether oxygens (including phenoxy) is 3. The molecule has 0 spiro atoms. The van der Waals surface area contributed by atoms with Crippen LogP contribution < -0.4 is 19.5 Å². The Hall–Kier alpha value is -4.79. The summed E-state index contributed by atoms with van der Waals surface area (Å²) in [5, 5.41) is 7.80. The van der Waals surface area contributed by atoms with Gasteiger partial charge in [-0.2, -0.15) is 5.10 Å². The van der Waals surface area contributed by atoms with Crippen molar-refractivity contribution in [3.05, 3.63) is 84.1 Å². The van der Waals surface area contributed by atoms with Crippen molar-refractivity contribution in [1.82, 2.24) is 14.7 Å². The third-order valence-electron chi connectivity index (χ3n) is 6.52. The molecule has 39 heavy (non-hydrogen) atoms. The summed E-state index contributed by atoms with van der Waals surface area (Å²) >= 11 is 0. The molecule has 200 valence electrons. The number of rotatable bonds is 8. The topological polar surface area (TPSA) is 94.9 Å². The first-order valence-electron chi connectivity index (χ1n) is 12.7. The molecule has 9 heteroatoms. The smallest absolute Gasteiger partial charge is 0.254 e. The van der Waals surface area contributed by atoms with Gasteiger partial charge in [-0.05, 0) is 68.8 Å². The fourth-order valence-corrected chi connectivity index (χ4v) is 4.51. The summed E-state index contributed by atoms with van der Waals surface area (Å²) in [6.45, 7) is 5.63. The monoisotopic (exact) mass is 526 g/mol. The first kappa shape index (κ1) is 25.8. The standard InChI is InChI=1S/C30H30N4O5/c1-19(2)33(30(36)22-10-15-25-26(16-22)39-18-38-25)17-27(35)31-29-28(21-8-6-5-7-9-21)20(3)32-34(29)23-11-13-24(37-4)14-12-23/h5-16,19H,17-18H2,1-4H3,(H,31,35). The van der Waals surface area contributed by atoms with Crippen LogP contribution in [0, 0.1) is 6.92 Å². The molecule has 1 N–H and O–H groups in total. The largest absolute Gasteiger partial charge is 0.497 e. The van der Waals surface area contributed by atoms with Crippen LogP contribution in [0.5, 0.6) is 17.2 Å². The molecule has 0 atom stereocenters. The molecule has 1 aliphatic rings. The van der Waals surface area contributed by atoms with E-state index in [1.54, 1.807) is 30.0 Å². The quantitative estimate of drug-likeness (QED) is 0.344. The molecule has 1 aliphatic heterocycles. The summed E-state index contributed by atoms with van der Waals surface area (Å²) in [6.07, 6.45) is 0. The van der Waals surface area contributed by atoms with Crippen molar-refractivity contribution < 1.29 is 23.8 Å². The highest BCUT2D eigenvalue weighted by Crippen LogP contribution is 2.35. The van der Waals surface area contributed by atoms with Crippen molar-refractivity contribution in [1.29, 1.82) is 0 Å². The number of carbonyl (C=O) groups excluding carboxylic acids is 2. The number of aryl methyl sites for hydroxylation is 1. The van der Waals surface area contributed by atoms with Gasteiger partial charge in [0.2, 0.25) is 12.7 Å². The van der Waals surface area contributed by atoms with E-state index in [0.717, 1.165) is 22.5 Å². The highest BCUT2D eigenvalue weighted by Gasteiger charge is 2.26. The fourth-order valence-electron chi connectivity index (χ4n) is 4.51. The van der Waals surface area contributed by atoms with Crippen LogP contribution >= 0.6 is 0 Å². The Bertz CT molecular complexity index is 1500. The molecule has 0 radical (unpaired) electrons. The first-order chi connectivity index (χ1) is 18.9. The van der Waals surface area contributed by atoms with Gasteiger partial charge >= 0.3 is 0 Å². The van der Waals surface area contributed by atoms with Crippen LogP contribution in [0.25, 0.3) is 16.8 Å². The number of aromatic nitrogens is 2. The van der Waals surface area contributed by atoms with Gasteiger partial charge in [0.05, 0.1) is 18.5 Å². The molecule has 0 unspecified atom stereocenters. The molecule has 2 heterocycles. The number of hydrogen-bond donors (Lipinski definition) is 1. The first-order valence-corrected chi connectivity index (χ1v) is 12.7. The second-order valence-corrected chi connectivity index (χ2v) is 9.43. The minimum Gasteiger partial charge on any atom is -0.497 e. The van der Waals surface area contributed by atoms with Gasteiger partial charge in [-0.15, -0.1) is 0 Å². The van der Waals surface area contributed by atoms with E-state index >= 15 is 0 Å². The van der Waals surface area contributed by atoms with Crippen LogP contribution in [0.3, 0.4) is 0 Å². The van der Waals surface area contributed by atoms with Gasteiger partial charge in [-0.25, -0.2) is 4.68 Å². The van der Waals surface area contributed by atoms with Crippen LogP contribution in [-0.4, -0.2) is 53.0 Å². The Labute approximate surface area is 226 Å². The van der Waals surface area contributed by atoms with E-state index in [1.807, 2.05) is 75.4 Å². The molecule has 5 rings (SSSR count). The molecule has 3 aromatic carbocycles. The number of benzene rings is 3. The van der Waals surface area contributed by atoms with Crippen LogP contribution in [-0.2, 0) is 4.79 Å². The molecular weight excluding hydrogens is 496 g/mol. The molecule has 0 fully saturated rings. The third kappa shape index (κ3) is 5.29. The summed E-state index contributed by atoms with van der Waals surface area (Å²) in [5.41, 5.74) is 3.66. The van der Waals surface area contributed by atoms with E-state index in [2.05, 4.69) is 5.32 Å². The fraction of sp³-hybridized carbons (Fsp3) is 0.233. The molecule has 0 bridgehead atoms. The summed E-state index contributed by atoms with van der Waals surface area (Å²) in [7, 11) is 1.61. The molecule has 4 aromatic rings. The predicted molar refractivity (Wildman–Crippen MR) is 148 cm³/mol. The highest BCUT2D eigenvalue weighted by atomic mass is 16.7. The zero-order valence-electron chi connectivity index (χ0n) is 22.3. The lowest BCUT2D eigenvalue weighted by Crippen LogP contribution is -2.42. The van der Waals surface area contributed by atoms with E-state index in [0.29, 0.717) is 28.6 Å². The van der Waals surface area contributed by atoms with Crippen molar-refractivity contribution in [3.63, 3.8) is 0 Å². The zero-order valence-corrected chi connectivity index (χ0v) is 22.3. The van der Waals surface area contributed by atoms with Gasteiger partial charge in [0, 0.05) is 17.2 Å². The Balaban J connectivity index is 1.46. The van der Waals surface area contributed by atoms with Gasteiger partial charge in [-0.3, -0.25) is 9.59 Å². The van der Waals surface area contributed by atoms with Gasteiger partial charge in [0.1, 0.15) is 18.1 Å². The van der Waals surface area contributed by atoms with Crippen molar-refractivity contribution in [2.45, 2.75) is 26.8 Å². The zero-order chi connectivity index (χ0) is 27.5. The Kier molecular flexibility index (Phi) is 7.23. The third-order valence-corrected chi connectivity index (χ3v) is 6.52. The lowest BCUT2D eigenvalue weighted by Gasteiger charge is -2.26. The number of nitrogens with zero attached hydrogens (tertiary/aromatic N) is 3. The van der Waals surface area contributed by atoms with E-state index in [4.69, 9.17) is 19.3 Å². The summed E-state index contributed by atoms with van der Waals surface area (Å²) < 4.78 is 17.8. The van der Waals surface area contributed by atoms with Gasteiger partial charge in [0.15, 0.2) is 11.5 Å². The van der Waals surface area contributed by atoms with Crippen molar-refractivity contribution in [2.75, 3.05) is 25.8 Å². The van der Waals surface area contributed by atoms with Crippen LogP contribution in [0.15, 0.2) is 72.8 Å². The number of amides is 2. The molecule has 1 aromatic heterocycles. The number of carbonyl (C=O) groups is 2. The van der Waals surface area contributed by atoms with Gasteiger partial charge in [0.25, 0.3) is 5.91 Å². The van der Waals surface area contributed by atoms with Crippen molar-refractivity contribution in [3.8, 4) is 34.1 Å². The molecular formula is C30H30N4O5. The highest BCUT2D eigenvalue weighted by molar-refractivity contribution is 6.01. The molecule has 2 amide bonds. The van der Waals surface area contributed by atoms with Crippen LogP contribution in [0.1, 0.15) is 29.9 Å². The maximum atomic E-state index is 13.5. The van der Waals surface area contributed by atoms with Gasteiger partial charge in [-0.1, -0.05) is 30.3 Å². The maximum absolute atomic E-state index is 13.5. The molecule has 0 saturated carbocycles. The minimum absolute atomic E-state index is 0.119. The second-order valence-electron chi connectivity index (χ2n) is 9.43. The van der Waals surface area contributed by atoms with E-state index in [1.165, 1.54) is 4.90 Å². The lowest BCUT2D eigenvalue weighted by molar-refractivity contribution is -0.117. The number of anilines is 1. The number of hydrogen-bond acceptors (Lipinski definition) is 6. The summed E-state index contributed by atoms with van der Waals surface area (Å²) in [4.78, 5) is 28.5. The van der Waals surface area contributed by atoms with Crippen molar-refractivity contribution in [2.24, 2.45) is 0 Å². The number of methoxy groups -OCH3 is 1. The number of fused-ring (bicyclic) bond motifs is 1. The average Bonchev–Trinajstić information content (AvgIpc) is 3.55. The van der Waals surface area contributed by atoms with E-state index in [9.17, 15) is 9.59 Å². The molecule has 0 saturated heterocycles.